The summed E-state index contributed by atoms with van der Waals surface area (Å²) in [5.74, 6) is 0. The monoisotopic (exact) mass is 265 g/mol. The van der Waals surface area contributed by atoms with Gasteiger partial charge in [0.25, 0.3) is 10.2 Å². The van der Waals surface area contributed by atoms with Crippen LogP contribution in [0.5, 0.6) is 0 Å². The fourth-order valence-corrected chi connectivity index (χ4v) is 2.34. The zero-order valence-corrected chi connectivity index (χ0v) is 10.7. The second-order valence-electron chi connectivity index (χ2n) is 4.02. The van der Waals surface area contributed by atoms with Gasteiger partial charge in [-0.15, -0.1) is 0 Å². The van der Waals surface area contributed by atoms with E-state index in [0.29, 0.717) is 19.6 Å². The number of hydrogen-bond acceptors (Lipinski definition) is 4. The summed E-state index contributed by atoms with van der Waals surface area (Å²) in [6.45, 7) is 2.93. The predicted octanol–water partition coefficient (Wildman–Crippen LogP) is -0.209. The molecular formula is C9H19N3O4S. The number of alkyl carbamates (subject to hydrolysis) is 1. The van der Waals surface area contributed by atoms with Gasteiger partial charge in [-0.25, -0.2) is 9.93 Å². The molecule has 0 bridgehead atoms. The lowest BCUT2D eigenvalue weighted by Crippen LogP contribution is -2.40. The molecule has 8 heteroatoms. The SMILES string of the molecule is CCCCOC(=O)N[C@H]1CCN(S(N)(=O)=O)C1. The minimum atomic E-state index is -3.65. The Morgan fingerprint density at radius 2 is 2.29 bits per heavy atom. The molecule has 1 saturated heterocycles. The third kappa shape index (κ3) is 4.88. The standard InChI is InChI=1S/C9H19N3O4S/c1-2-3-6-16-9(13)11-8-4-5-12(7-8)17(10,14)15/h8H,2-7H2,1H3,(H,11,13)(H2,10,14,15)/t8-/m0/s1. The molecule has 0 aromatic carbocycles. The molecule has 1 rings (SSSR count). The molecule has 17 heavy (non-hydrogen) atoms. The highest BCUT2D eigenvalue weighted by Gasteiger charge is 2.30. The van der Waals surface area contributed by atoms with E-state index in [4.69, 9.17) is 9.88 Å². The van der Waals surface area contributed by atoms with Crippen LogP contribution in [0, 0.1) is 0 Å². The molecule has 0 radical (unpaired) electrons. The second-order valence-corrected chi connectivity index (χ2v) is 5.57. The van der Waals surface area contributed by atoms with Gasteiger partial charge in [-0.1, -0.05) is 13.3 Å². The molecule has 0 aromatic heterocycles. The highest BCUT2D eigenvalue weighted by atomic mass is 32.2. The summed E-state index contributed by atoms with van der Waals surface area (Å²) in [5.41, 5.74) is 0. The molecule has 1 atom stereocenters. The average molecular weight is 265 g/mol. The van der Waals surface area contributed by atoms with E-state index in [1.165, 1.54) is 0 Å². The van der Waals surface area contributed by atoms with Crippen LogP contribution < -0.4 is 10.5 Å². The molecule has 3 N–H and O–H groups in total. The summed E-state index contributed by atoms with van der Waals surface area (Å²) in [6.07, 6.45) is 1.83. The maximum absolute atomic E-state index is 11.3. The predicted molar refractivity (Wildman–Crippen MR) is 62.5 cm³/mol. The number of nitrogens with zero attached hydrogens (tertiary/aromatic N) is 1. The third-order valence-corrected chi connectivity index (χ3v) is 3.62. The zero-order valence-electron chi connectivity index (χ0n) is 9.89. The quantitative estimate of drug-likeness (QED) is 0.671. The number of unbranched alkanes of at least 4 members (excludes halogenated alkanes) is 1. The number of nitrogens with two attached hydrogens (primary N) is 1. The van der Waals surface area contributed by atoms with Crippen molar-refractivity contribution in [2.75, 3.05) is 19.7 Å². The summed E-state index contributed by atoms with van der Waals surface area (Å²) >= 11 is 0. The number of nitrogens with one attached hydrogen (secondary N) is 1. The molecule has 1 amide bonds. The zero-order chi connectivity index (χ0) is 12.9. The van der Waals surface area contributed by atoms with Crippen molar-refractivity contribution in [2.45, 2.75) is 32.2 Å². The van der Waals surface area contributed by atoms with Gasteiger partial charge in [-0.05, 0) is 12.8 Å². The number of carbonyl (C=O) groups excluding carboxylic acids is 1. The number of carbonyl (C=O) groups is 1. The van der Waals surface area contributed by atoms with Crippen molar-refractivity contribution >= 4 is 16.3 Å². The summed E-state index contributed by atoms with van der Waals surface area (Å²) < 4.78 is 28.1. The minimum absolute atomic E-state index is 0.210. The maximum atomic E-state index is 11.3. The average Bonchev–Trinajstić information content (AvgIpc) is 2.66. The minimum Gasteiger partial charge on any atom is -0.450 e. The second kappa shape index (κ2) is 6.18. The lowest BCUT2D eigenvalue weighted by atomic mass is 10.3. The van der Waals surface area contributed by atoms with Gasteiger partial charge < -0.3 is 10.1 Å². The van der Waals surface area contributed by atoms with Gasteiger partial charge in [-0.3, -0.25) is 0 Å². The number of hydrogen-bond donors (Lipinski definition) is 2. The van der Waals surface area contributed by atoms with Crippen LogP contribution in [-0.2, 0) is 14.9 Å². The fraction of sp³-hybridized carbons (Fsp3) is 0.889. The topological polar surface area (TPSA) is 102 Å². The van der Waals surface area contributed by atoms with Crippen LogP contribution in [0.3, 0.4) is 0 Å². The van der Waals surface area contributed by atoms with Crippen LogP contribution in [0.1, 0.15) is 26.2 Å². The highest BCUT2D eigenvalue weighted by molar-refractivity contribution is 7.86. The van der Waals surface area contributed by atoms with Crippen LogP contribution in [0.4, 0.5) is 4.79 Å². The van der Waals surface area contributed by atoms with Crippen LogP contribution in [0.25, 0.3) is 0 Å². The summed E-state index contributed by atoms with van der Waals surface area (Å²) in [4.78, 5) is 11.3. The Hall–Kier alpha value is -0.860. The Labute approximate surface area is 101 Å². The van der Waals surface area contributed by atoms with Crippen LogP contribution >= 0.6 is 0 Å². The van der Waals surface area contributed by atoms with Crippen molar-refractivity contribution in [3.63, 3.8) is 0 Å². The Kier molecular flexibility index (Phi) is 5.16. The molecule has 1 fully saturated rings. The first-order chi connectivity index (χ1) is 7.93. The van der Waals surface area contributed by atoms with E-state index in [2.05, 4.69) is 5.32 Å². The van der Waals surface area contributed by atoms with Crippen molar-refractivity contribution in [1.82, 2.24) is 9.62 Å². The molecule has 1 aliphatic heterocycles. The first kappa shape index (κ1) is 14.2. The lowest BCUT2D eigenvalue weighted by Gasteiger charge is -2.14. The van der Waals surface area contributed by atoms with E-state index in [1.807, 2.05) is 6.92 Å². The number of amides is 1. The summed E-state index contributed by atoms with van der Waals surface area (Å²) in [5, 5.41) is 7.60. The molecular weight excluding hydrogens is 246 g/mol. The molecule has 0 unspecified atom stereocenters. The Balaban J connectivity index is 2.28. The van der Waals surface area contributed by atoms with E-state index in [9.17, 15) is 13.2 Å². The number of ether oxygens (including phenoxy) is 1. The summed E-state index contributed by atoms with van der Waals surface area (Å²) in [6, 6.07) is -0.220. The van der Waals surface area contributed by atoms with Gasteiger partial charge >= 0.3 is 6.09 Å². The Bertz CT molecular complexity index is 357. The van der Waals surface area contributed by atoms with E-state index < -0.39 is 16.3 Å². The van der Waals surface area contributed by atoms with E-state index >= 15 is 0 Å². The van der Waals surface area contributed by atoms with Gasteiger partial charge in [0.2, 0.25) is 0 Å². The van der Waals surface area contributed by atoms with E-state index in [-0.39, 0.29) is 12.6 Å². The normalized spacial score (nSPS) is 21.4. The van der Waals surface area contributed by atoms with Gasteiger partial charge in [-0.2, -0.15) is 12.7 Å². The molecule has 0 aliphatic carbocycles. The van der Waals surface area contributed by atoms with Crippen LogP contribution in [0.15, 0.2) is 0 Å². The molecule has 0 aromatic rings. The van der Waals surface area contributed by atoms with E-state index in [0.717, 1.165) is 17.1 Å². The largest absolute Gasteiger partial charge is 0.450 e. The molecule has 1 aliphatic rings. The molecule has 1 heterocycles. The van der Waals surface area contributed by atoms with Crippen molar-refractivity contribution in [2.24, 2.45) is 5.14 Å². The Morgan fingerprint density at radius 3 is 2.82 bits per heavy atom. The molecule has 0 spiro atoms. The lowest BCUT2D eigenvalue weighted by molar-refractivity contribution is 0.141. The van der Waals surface area contributed by atoms with Gasteiger partial charge in [0.1, 0.15) is 0 Å². The van der Waals surface area contributed by atoms with Crippen molar-refractivity contribution < 1.29 is 17.9 Å². The first-order valence-electron chi connectivity index (χ1n) is 5.64. The van der Waals surface area contributed by atoms with Gasteiger partial charge in [0, 0.05) is 19.1 Å². The van der Waals surface area contributed by atoms with Crippen LogP contribution in [0.2, 0.25) is 0 Å². The Morgan fingerprint density at radius 1 is 1.59 bits per heavy atom. The van der Waals surface area contributed by atoms with Crippen molar-refractivity contribution in [3.05, 3.63) is 0 Å². The van der Waals surface area contributed by atoms with E-state index in [1.54, 1.807) is 0 Å². The van der Waals surface area contributed by atoms with Crippen molar-refractivity contribution in [3.8, 4) is 0 Å². The summed E-state index contributed by atoms with van der Waals surface area (Å²) in [7, 11) is -3.65. The number of rotatable bonds is 5. The third-order valence-electron chi connectivity index (χ3n) is 2.56. The fourth-order valence-electron chi connectivity index (χ4n) is 1.59. The molecule has 0 saturated carbocycles. The highest BCUT2D eigenvalue weighted by Crippen LogP contribution is 2.11. The van der Waals surface area contributed by atoms with Gasteiger partial charge in [0.15, 0.2) is 0 Å². The first-order valence-corrected chi connectivity index (χ1v) is 7.15. The van der Waals surface area contributed by atoms with Crippen molar-refractivity contribution in [1.29, 1.82) is 0 Å². The van der Waals surface area contributed by atoms with Crippen LogP contribution in [-0.4, -0.2) is 44.6 Å². The maximum Gasteiger partial charge on any atom is 0.407 e. The molecule has 7 nitrogen and oxygen atoms in total. The molecule has 100 valence electrons. The van der Waals surface area contributed by atoms with Gasteiger partial charge in [0.05, 0.1) is 6.61 Å². The smallest absolute Gasteiger partial charge is 0.407 e.